The van der Waals surface area contributed by atoms with Crippen LogP contribution in [0.25, 0.3) is 0 Å². The summed E-state index contributed by atoms with van der Waals surface area (Å²) < 4.78 is 11.2. The van der Waals surface area contributed by atoms with Gasteiger partial charge in [-0.25, -0.2) is 4.99 Å². The van der Waals surface area contributed by atoms with Crippen molar-refractivity contribution in [3.8, 4) is 11.5 Å². The fourth-order valence-electron chi connectivity index (χ4n) is 2.25. The number of nitrogens with one attached hydrogen (secondary N) is 1. The number of hydrogen-bond acceptors (Lipinski definition) is 3. The lowest BCUT2D eigenvalue weighted by molar-refractivity contribution is 0.240. The van der Waals surface area contributed by atoms with Crippen molar-refractivity contribution < 1.29 is 9.47 Å². The second-order valence-electron chi connectivity index (χ2n) is 5.80. The van der Waals surface area contributed by atoms with Gasteiger partial charge in [-0.15, -0.1) is 24.0 Å². The number of nitrogens with zero attached hydrogens (tertiary/aromatic N) is 1. The van der Waals surface area contributed by atoms with E-state index in [1.807, 2.05) is 63.2 Å². The third-order valence-electron chi connectivity index (χ3n) is 3.37. The van der Waals surface area contributed by atoms with Crippen molar-refractivity contribution in [2.45, 2.75) is 33.4 Å². The largest absolute Gasteiger partial charge is 0.495 e. The molecule has 2 rings (SSSR count). The van der Waals surface area contributed by atoms with Crippen molar-refractivity contribution in [2.24, 2.45) is 10.7 Å². The topological polar surface area (TPSA) is 68.9 Å². The zero-order valence-corrected chi connectivity index (χ0v) is 17.4. The van der Waals surface area contributed by atoms with Crippen LogP contribution in [-0.2, 0) is 6.54 Å². The minimum Gasteiger partial charge on any atom is -0.495 e. The number of methoxy groups -OCH3 is 1. The molecule has 2 aromatic rings. The van der Waals surface area contributed by atoms with E-state index in [1.54, 1.807) is 7.11 Å². The number of hydrogen-bond donors (Lipinski definition) is 2. The van der Waals surface area contributed by atoms with Crippen molar-refractivity contribution in [3.05, 3.63) is 53.6 Å². The summed E-state index contributed by atoms with van der Waals surface area (Å²) in [6.45, 7) is 6.49. The summed E-state index contributed by atoms with van der Waals surface area (Å²) in [6.07, 6.45) is 0.110. The monoisotopic (exact) mass is 455 g/mol. The quantitative estimate of drug-likeness (QED) is 0.387. The van der Waals surface area contributed by atoms with E-state index in [0.29, 0.717) is 12.5 Å². The second-order valence-corrected chi connectivity index (χ2v) is 5.80. The SMILES string of the molecule is COc1ccccc1NC(N)=NCc1ccc(C)cc1OC(C)C.I. The van der Waals surface area contributed by atoms with Gasteiger partial charge in [0.2, 0.25) is 0 Å². The van der Waals surface area contributed by atoms with E-state index in [2.05, 4.69) is 10.3 Å². The first kappa shape index (κ1) is 21.1. The van der Waals surface area contributed by atoms with E-state index < -0.39 is 0 Å². The smallest absolute Gasteiger partial charge is 0.193 e. The maximum Gasteiger partial charge on any atom is 0.193 e. The molecule has 0 saturated carbocycles. The second kappa shape index (κ2) is 10.1. The van der Waals surface area contributed by atoms with Crippen LogP contribution in [0.2, 0.25) is 0 Å². The van der Waals surface area contributed by atoms with E-state index in [1.165, 1.54) is 0 Å². The molecule has 3 N–H and O–H groups in total. The Bertz CT molecular complexity index is 718. The predicted molar refractivity (Wildman–Crippen MR) is 114 cm³/mol. The van der Waals surface area contributed by atoms with E-state index in [0.717, 1.165) is 28.3 Å². The summed E-state index contributed by atoms with van der Waals surface area (Å²) in [5.41, 5.74) is 8.93. The molecule has 0 amide bonds. The summed E-state index contributed by atoms with van der Waals surface area (Å²) in [5.74, 6) is 1.89. The van der Waals surface area contributed by atoms with Gasteiger partial charge in [0.1, 0.15) is 11.5 Å². The molecule has 0 saturated heterocycles. The van der Waals surface area contributed by atoms with Gasteiger partial charge < -0.3 is 20.5 Å². The molecule has 0 atom stereocenters. The third kappa shape index (κ3) is 6.45. The van der Waals surface area contributed by atoms with Crippen LogP contribution in [-0.4, -0.2) is 19.2 Å². The molecule has 0 aliphatic rings. The highest BCUT2D eigenvalue weighted by Gasteiger charge is 2.07. The van der Waals surface area contributed by atoms with Gasteiger partial charge in [-0.1, -0.05) is 24.3 Å². The number of guanidine groups is 1. The Labute approximate surface area is 166 Å². The van der Waals surface area contributed by atoms with Crippen molar-refractivity contribution in [3.63, 3.8) is 0 Å². The van der Waals surface area contributed by atoms with E-state index in [4.69, 9.17) is 15.2 Å². The molecule has 6 heteroatoms. The summed E-state index contributed by atoms with van der Waals surface area (Å²) >= 11 is 0. The number of benzene rings is 2. The summed E-state index contributed by atoms with van der Waals surface area (Å²) in [7, 11) is 1.62. The third-order valence-corrected chi connectivity index (χ3v) is 3.37. The molecular weight excluding hydrogens is 429 g/mol. The molecule has 25 heavy (non-hydrogen) atoms. The number of nitrogens with two attached hydrogens (primary N) is 1. The van der Waals surface area contributed by atoms with Gasteiger partial charge in [-0.05, 0) is 44.5 Å². The van der Waals surface area contributed by atoms with Crippen LogP contribution < -0.4 is 20.5 Å². The summed E-state index contributed by atoms with van der Waals surface area (Å²) in [4.78, 5) is 4.41. The van der Waals surface area contributed by atoms with Crippen molar-refractivity contribution in [1.29, 1.82) is 0 Å². The first-order valence-corrected chi connectivity index (χ1v) is 7.95. The minimum absolute atomic E-state index is 0. The molecule has 0 fully saturated rings. The number of aryl methyl sites for hydroxylation is 1. The van der Waals surface area contributed by atoms with Crippen LogP contribution in [0.15, 0.2) is 47.5 Å². The Balaban J connectivity index is 0.00000312. The number of aliphatic imine (C=N–C) groups is 1. The molecule has 0 spiro atoms. The number of halogens is 1. The Morgan fingerprint density at radius 3 is 2.56 bits per heavy atom. The molecule has 136 valence electrons. The van der Waals surface area contributed by atoms with E-state index in [-0.39, 0.29) is 30.1 Å². The Morgan fingerprint density at radius 1 is 1.16 bits per heavy atom. The van der Waals surface area contributed by atoms with E-state index in [9.17, 15) is 0 Å². The highest BCUT2D eigenvalue weighted by atomic mass is 127. The van der Waals surface area contributed by atoms with Crippen LogP contribution in [0, 0.1) is 6.92 Å². The molecule has 0 radical (unpaired) electrons. The number of para-hydroxylation sites is 2. The Hall–Kier alpha value is -1.96. The molecule has 5 nitrogen and oxygen atoms in total. The average molecular weight is 455 g/mol. The fraction of sp³-hybridized carbons (Fsp3) is 0.316. The number of ether oxygens (including phenoxy) is 2. The van der Waals surface area contributed by atoms with Crippen molar-refractivity contribution in [1.82, 2.24) is 0 Å². The van der Waals surface area contributed by atoms with Gasteiger partial charge in [-0.3, -0.25) is 0 Å². The maximum absolute atomic E-state index is 6.00. The first-order valence-electron chi connectivity index (χ1n) is 7.95. The zero-order chi connectivity index (χ0) is 17.5. The minimum atomic E-state index is 0. The fourth-order valence-corrected chi connectivity index (χ4v) is 2.25. The molecule has 0 aliphatic heterocycles. The normalized spacial score (nSPS) is 11.0. The lowest BCUT2D eigenvalue weighted by Gasteiger charge is -2.14. The van der Waals surface area contributed by atoms with Crippen LogP contribution in [0.3, 0.4) is 0 Å². The first-order chi connectivity index (χ1) is 11.5. The van der Waals surface area contributed by atoms with Crippen LogP contribution in [0.5, 0.6) is 11.5 Å². The number of rotatable bonds is 6. The van der Waals surface area contributed by atoms with Gasteiger partial charge in [0.05, 0.1) is 25.4 Å². The predicted octanol–water partition coefficient (Wildman–Crippen LogP) is 4.34. The average Bonchev–Trinajstić information content (AvgIpc) is 2.54. The van der Waals surface area contributed by atoms with Gasteiger partial charge in [0.15, 0.2) is 5.96 Å². The lowest BCUT2D eigenvalue weighted by Crippen LogP contribution is -2.23. The Morgan fingerprint density at radius 2 is 1.88 bits per heavy atom. The van der Waals surface area contributed by atoms with Crippen molar-refractivity contribution >= 4 is 35.6 Å². The lowest BCUT2D eigenvalue weighted by atomic mass is 10.1. The van der Waals surface area contributed by atoms with Gasteiger partial charge in [0, 0.05) is 5.56 Å². The molecule has 0 aliphatic carbocycles. The summed E-state index contributed by atoms with van der Waals surface area (Å²) in [6, 6.07) is 13.7. The van der Waals surface area contributed by atoms with Gasteiger partial charge in [-0.2, -0.15) is 0 Å². The standard InChI is InChI=1S/C19H25N3O2.HI/c1-13(2)24-18-11-14(3)9-10-15(18)12-21-19(20)22-16-7-5-6-8-17(16)23-4;/h5-11,13H,12H2,1-4H3,(H3,20,21,22);1H. The summed E-state index contributed by atoms with van der Waals surface area (Å²) in [5, 5.41) is 3.07. The van der Waals surface area contributed by atoms with E-state index >= 15 is 0 Å². The zero-order valence-electron chi connectivity index (χ0n) is 15.1. The van der Waals surface area contributed by atoms with Crippen molar-refractivity contribution in [2.75, 3.05) is 12.4 Å². The van der Waals surface area contributed by atoms with Crippen LogP contribution in [0.4, 0.5) is 5.69 Å². The molecule has 0 bridgehead atoms. The van der Waals surface area contributed by atoms with Gasteiger partial charge >= 0.3 is 0 Å². The molecule has 2 aromatic carbocycles. The number of anilines is 1. The highest BCUT2D eigenvalue weighted by molar-refractivity contribution is 14.0. The maximum atomic E-state index is 6.00. The molecule has 0 unspecified atom stereocenters. The highest BCUT2D eigenvalue weighted by Crippen LogP contribution is 2.24. The molecular formula is C19H26IN3O2. The molecule has 0 heterocycles. The Kier molecular flexibility index (Phi) is 8.54. The van der Waals surface area contributed by atoms with Gasteiger partial charge in [0.25, 0.3) is 0 Å². The molecule has 0 aromatic heterocycles. The van der Waals surface area contributed by atoms with Crippen LogP contribution in [0.1, 0.15) is 25.0 Å². The van der Waals surface area contributed by atoms with Crippen LogP contribution >= 0.6 is 24.0 Å².